The Labute approximate surface area is 120 Å². The minimum Gasteiger partial charge on any atom is -0.384 e. The van der Waals surface area contributed by atoms with Crippen molar-refractivity contribution in [2.45, 2.75) is 31.9 Å². The van der Waals surface area contributed by atoms with Gasteiger partial charge in [0.2, 0.25) is 5.91 Å². The number of hydrogen-bond acceptors (Lipinski definition) is 3. The van der Waals surface area contributed by atoms with E-state index in [0.29, 0.717) is 26.2 Å². The van der Waals surface area contributed by atoms with Crippen molar-refractivity contribution in [2.24, 2.45) is 0 Å². The number of hydrogen-bond donors (Lipinski definition) is 0. The number of rotatable bonds is 4. The Morgan fingerprint density at radius 3 is 2.75 bits per heavy atom. The molecule has 0 aliphatic carbocycles. The SMILES string of the molecule is COCCC(=O)N1CC(c2ccccc2)OCC1(C)C. The molecule has 0 bridgehead atoms. The maximum atomic E-state index is 12.3. The van der Waals surface area contributed by atoms with Crippen LogP contribution in [0.1, 0.15) is 31.9 Å². The topological polar surface area (TPSA) is 38.8 Å². The molecule has 1 atom stereocenters. The summed E-state index contributed by atoms with van der Waals surface area (Å²) in [5.41, 5.74) is 0.850. The van der Waals surface area contributed by atoms with Crippen molar-refractivity contribution in [3.05, 3.63) is 35.9 Å². The van der Waals surface area contributed by atoms with Gasteiger partial charge in [-0.2, -0.15) is 0 Å². The van der Waals surface area contributed by atoms with Crippen molar-refractivity contribution in [3.8, 4) is 0 Å². The van der Waals surface area contributed by atoms with Crippen LogP contribution in [0.3, 0.4) is 0 Å². The number of ether oxygens (including phenoxy) is 2. The fraction of sp³-hybridized carbons (Fsp3) is 0.562. The number of carbonyl (C=O) groups excluding carboxylic acids is 1. The molecule has 1 aliphatic heterocycles. The molecule has 1 amide bonds. The molecule has 0 aromatic heterocycles. The molecule has 1 aromatic carbocycles. The first-order chi connectivity index (χ1) is 9.54. The molecule has 4 nitrogen and oxygen atoms in total. The Morgan fingerprint density at radius 2 is 2.10 bits per heavy atom. The van der Waals surface area contributed by atoms with Crippen LogP contribution in [-0.2, 0) is 14.3 Å². The molecule has 110 valence electrons. The smallest absolute Gasteiger partial charge is 0.225 e. The maximum absolute atomic E-state index is 12.3. The van der Waals surface area contributed by atoms with E-state index in [4.69, 9.17) is 9.47 Å². The highest BCUT2D eigenvalue weighted by Gasteiger charge is 2.38. The molecular weight excluding hydrogens is 254 g/mol. The van der Waals surface area contributed by atoms with Crippen LogP contribution >= 0.6 is 0 Å². The molecule has 2 rings (SSSR count). The van der Waals surface area contributed by atoms with Gasteiger partial charge in [-0.25, -0.2) is 0 Å². The van der Waals surface area contributed by atoms with E-state index < -0.39 is 0 Å². The quantitative estimate of drug-likeness (QED) is 0.848. The van der Waals surface area contributed by atoms with E-state index in [1.54, 1.807) is 7.11 Å². The number of nitrogens with zero attached hydrogens (tertiary/aromatic N) is 1. The molecule has 0 spiro atoms. The summed E-state index contributed by atoms with van der Waals surface area (Å²) >= 11 is 0. The standard InChI is InChI=1S/C16H23NO3/c1-16(2)12-20-14(13-7-5-4-6-8-13)11-17(16)15(18)9-10-19-3/h4-8,14H,9-12H2,1-3H3. The van der Waals surface area contributed by atoms with Crippen molar-refractivity contribution in [1.29, 1.82) is 0 Å². The highest BCUT2D eigenvalue weighted by atomic mass is 16.5. The second-order valence-electron chi connectivity index (χ2n) is 5.77. The van der Waals surface area contributed by atoms with Gasteiger partial charge in [0.1, 0.15) is 6.10 Å². The lowest BCUT2D eigenvalue weighted by Gasteiger charge is -2.45. The van der Waals surface area contributed by atoms with E-state index >= 15 is 0 Å². The molecule has 0 saturated carbocycles. The van der Waals surface area contributed by atoms with Crippen LogP contribution in [-0.4, -0.2) is 43.2 Å². The largest absolute Gasteiger partial charge is 0.384 e. The van der Waals surface area contributed by atoms with Crippen LogP contribution in [0.25, 0.3) is 0 Å². The third-order valence-electron chi connectivity index (χ3n) is 3.71. The van der Waals surface area contributed by atoms with Gasteiger partial charge in [-0.15, -0.1) is 0 Å². The first kappa shape index (κ1) is 15.0. The van der Waals surface area contributed by atoms with Crippen molar-refractivity contribution in [2.75, 3.05) is 26.9 Å². The summed E-state index contributed by atoms with van der Waals surface area (Å²) in [6, 6.07) is 10.1. The second-order valence-corrected chi connectivity index (χ2v) is 5.77. The molecule has 4 heteroatoms. The molecule has 20 heavy (non-hydrogen) atoms. The Balaban J connectivity index is 2.10. The van der Waals surface area contributed by atoms with Crippen LogP contribution in [0.15, 0.2) is 30.3 Å². The summed E-state index contributed by atoms with van der Waals surface area (Å²) in [5, 5.41) is 0. The van der Waals surface area contributed by atoms with Crippen molar-refractivity contribution < 1.29 is 14.3 Å². The van der Waals surface area contributed by atoms with Crippen molar-refractivity contribution >= 4 is 5.91 Å². The van der Waals surface area contributed by atoms with Crippen LogP contribution in [0.4, 0.5) is 0 Å². The van der Waals surface area contributed by atoms with Gasteiger partial charge in [0.15, 0.2) is 0 Å². The molecular formula is C16H23NO3. The van der Waals surface area contributed by atoms with Gasteiger partial charge in [0, 0.05) is 7.11 Å². The lowest BCUT2D eigenvalue weighted by molar-refractivity contribution is -0.155. The molecule has 1 saturated heterocycles. The lowest BCUT2D eigenvalue weighted by atomic mass is 9.97. The molecule has 1 fully saturated rings. The number of methoxy groups -OCH3 is 1. The average molecular weight is 277 g/mol. The summed E-state index contributed by atoms with van der Waals surface area (Å²) in [5.74, 6) is 0.126. The fourth-order valence-electron chi connectivity index (χ4n) is 2.48. The minimum absolute atomic E-state index is 0.0456. The summed E-state index contributed by atoms with van der Waals surface area (Å²) in [7, 11) is 1.62. The van der Waals surface area contributed by atoms with Crippen molar-refractivity contribution in [1.82, 2.24) is 4.90 Å². The Hall–Kier alpha value is -1.39. The van der Waals surface area contributed by atoms with Gasteiger partial charge in [-0.1, -0.05) is 30.3 Å². The third kappa shape index (κ3) is 3.38. The molecule has 0 N–H and O–H groups in total. The number of amides is 1. The predicted octanol–water partition coefficient (Wildman–Crippen LogP) is 2.40. The number of morpholine rings is 1. The van der Waals surface area contributed by atoms with E-state index in [1.807, 2.05) is 49.1 Å². The molecule has 1 heterocycles. The minimum atomic E-state index is -0.268. The van der Waals surface area contributed by atoms with Crippen LogP contribution < -0.4 is 0 Å². The number of benzene rings is 1. The van der Waals surface area contributed by atoms with Gasteiger partial charge in [-0.05, 0) is 19.4 Å². The fourth-order valence-corrected chi connectivity index (χ4v) is 2.48. The Bertz CT molecular complexity index is 444. The van der Waals surface area contributed by atoms with E-state index in [2.05, 4.69) is 0 Å². The van der Waals surface area contributed by atoms with E-state index in [0.717, 1.165) is 5.56 Å². The highest BCUT2D eigenvalue weighted by Crippen LogP contribution is 2.30. The highest BCUT2D eigenvalue weighted by molar-refractivity contribution is 5.77. The Morgan fingerprint density at radius 1 is 1.40 bits per heavy atom. The van der Waals surface area contributed by atoms with Gasteiger partial charge < -0.3 is 14.4 Å². The van der Waals surface area contributed by atoms with E-state index in [9.17, 15) is 4.79 Å². The first-order valence-corrected chi connectivity index (χ1v) is 7.00. The van der Waals surface area contributed by atoms with Crippen molar-refractivity contribution in [3.63, 3.8) is 0 Å². The van der Waals surface area contributed by atoms with Gasteiger partial charge in [-0.3, -0.25) is 4.79 Å². The molecule has 1 aromatic rings. The third-order valence-corrected chi connectivity index (χ3v) is 3.71. The molecule has 1 unspecified atom stereocenters. The maximum Gasteiger partial charge on any atom is 0.225 e. The summed E-state index contributed by atoms with van der Waals surface area (Å²) < 4.78 is 10.9. The monoisotopic (exact) mass is 277 g/mol. The van der Waals surface area contributed by atoms with Crippen LogP contribution in [0.5, 0.6) is 0 Å². The predicted molar refractivity (Wildman–Crippen MR) is 77.4 cm³/mol. The average Bonchev–Trinajstić information content (AvgIpc) is 2.45. The van der Waals surface area contributed by atoms with E-state index in [-0.39, 0.29) is 17.6 Å². The lowest BCUT2D eigenvalue weighted by Crippen LogP contribution is -2.56. The van der Waals surface area contributed by atoms with E-state index in [1.165, 1.54) is 0 Å². The zero-order valence-corrected chi connectivity index (χ0v) is 12.5. The summed E-state index contributed by atoms with van der Waals surface area (Å²) in [6.07, 6.45) is 0.372. The van der Waals surface area contributed by atoms with Crippen LogP contribution in [0.2, 0.25) is 0 Å². The van der Waals surface area contributed by atoms with Gasteiger partial charge >= 0.3 is 0 Å². The van der Waals surface area contributed by atoms with Gasteiger partial charge in [0.25, 0.3) is 0 Å². The first-order valence-electron chi connectivity index (χ1n) is 7.00. The van der Waals surface area contributed by atoms with Gasteiger partial charge in [0.05, 0.1) is 31.7 Å². The molecule has 0 radical (unpaired) electrons. The Kier molecular flexibility index (Phi) is 4.78. The number of carbonyl (C=O) groups is 1. The zero-order valence-electron chi connectivity index (χ0n) is 12.5. The molecule has 1 aliphatic rings. The summed E-state index contributed by atoms with van der Waals surface area (Å²) in [4.78, 5) is 14.3. The second kappa shape index (κ2) is 6.37. The normalized spacial score (nSPS) is 21.8. The summed E-state index contributed by atoms with van der Waals surface area (Å²) in [6.45, 7) is 5.69. The van der Waals surface area contributed by atoms with Crippen LogP contribution in [0, 0.1) is 0 Å². The zero-order chi connectivity index (χ0) is 14.6.